The Balaban J connectivity index is 1.91. The van der Waals surface area contributed by atoms with E-state index in [-0.39, 0.29) is 0 Å². The first-order valence-electron chi connectivity index (χ1n) is 8.26. The molecular formula is C18H28ClNO. The minimum atomic E-state index is 0.317. The second-order valence-corrected chi connectivity index (χ2v) is 6.86. The highest BCUT2D eigenvalue weighted by molar-refractivity contribution is 6.32. The van der Waals surface area contributed by atoms with Gasteiger partial charge in [0.15, 0.2) is 0 Å². The summed E-state index contributed by atoms with van der Waals surface area (Å²) < 4.78 is 6.13. The second-order valence-electron chi connectivity index (χ2n) is 6.45. The first-order valence-corrected chi connectivity index (χ1v) is 8.63. The van der Waals surface area contributed by atoms with Crippen LogP contribution in [0.1, 0.15) is 52.0 Å². The number of halogens is 1. The maximum atomic E-state index is 6.37. The highest BCUT2D eigenvalue weighted by Crippen LogP contribution is 2.34. The maximum Gasteiger partial charge on any atom is 0.138 e. The summed E-state index contributed by atoms with van der Waals surface area (Å²) in [5.41, 5.74) is 1.21. The molecular weight excluding hydrogens is 282 g/mol. The van der Waals surface area contributed by atoms with E-state index in [0.717, 1.165) is 55.0 Å². The normalized spacial score (nSPS) is 25.8. The van der Waals surface area contributed by atoms with Crippen molar-refractivity contribution in [2.24, 2.45) is 11.8 Å². The third-order valence-electron chi connectivity index (χ3n) is 4.60. The molecule has 2 rings (SSSR count). The molecule has 1 fully saturated rings. The Labute approximate surface area is 134 Å². The summed E-state index contributed by atoms with van der Waals surface area (Å²) in [5, 5.41) is 4.12. The smallest absolute Gasteiger partial charge is 0.138 e. The van der Waals surface area contributed by atoms with Crippen LogP contribution in [0.4, 0.5) is 0 Å². The highest BCUT2D eigenvalue weighted by atomic mass is 35.5. The molecule has 0 saturated heterocycles. The van der Waals surface area contributed by atoms with Crippen LogP contribution in [0.15, 0.2) is 18.2 Å². The van der Waals surface area contributed by atoms with Gasteiger partial charge in [0.05, 0.1) is 11.1 Å². The van der Waals surface area contributed by atoms with Gasteiger partial charge < -0.3 is 10.1 Å². The fraction of sp³-hybridized carbons (Fsp3) is 0.667. The number of hydrogen-bond acceptors (Lipinski definition) is 2. The molecule has 118 valence electrons. The van der Waals surface area contributed by atoms with Crippen LogP contribution in [0.3, 0.4) is 0 Å². The fourth-order valence-corrected chi connectivity index (χ4v) is 3.19. The standard InChI is InChI=1S/C18H28ClNO/c1-4-9-20-12-15-6-8-18(17(19)11-15)21-16-7-5-13(2)14(3)10-16/h6,8,11,13-14,16,20H,4-5,7,9-10,12H2,1-3H3. The minimum Gasteiger partial charge on any atom is -0.489 e. The van der Waals surface area contributed by atoms with Gasteiger partial charge in [-0.15, -0.1) is 0 Å². The predicted octanol–water partition coefficient (Wildman–Crippen LogP) is 5.04. The van der Waals surface area contributed by atoms with Crippen molar-refractivity contribution in [3.8, 4) is 5.75 Å². The lowest BCUT2D eigenvalue weighted by Gasteiger charge is -2.32. The van der Waals surface area contributed by atoms with Crippen LogP contribution < -0.4 is 10.1 Å². The van der Waals surface area contributed by atoms with Crippen LogP contribution in [-0.2, 0) is 6.54 Å². The molecule has 2 nitrogen and oxygen atoms in total. The molecule has 3 unspecified atom stereocenters. The predicted molar refractivity (Wildman–Crippen MR) is 90.0 cm³/mol. The zero-order valence-corrected chi connectivity index (χ0v) is 14.2. The molecule has 3 heteroatoms. The van der Waals surface area contributed by atoms with Crippen LogP contribution in [0, 0.1) is 11.8 Å². The first kappa shape index (κ1) is 16.6. The van der Waals surface area contributed by atoms with E-state index in [1.54, 1.807) is 0 Å². The molecule has 1 aliphatic carbocycles. The van der Waals surface area contributed by atoms with Crippen molar-refractivity contribution in [1.82, 2.24) is 5.32 Å². The van der Waals surface area contributed by atoms with Crippen molar-refractivity contribution < 1.29 is 4.74 Å². The van der Waals surface area contributed by atoms with Crippen molar-refractivity contribution in [3.05, 3.63) is 28.8 Å². The van der Waals surface area contributed by atoms with Crippen LogP contribution in [0.2, 0.25) is 5.02 Å². The van der Waals surface area contributed by atoms with Crippen molar-refractivity contribution >= 4 is 11.6 Å². The van der Waals surface area contributed by atoms with E-state index < -0.39 is 0 Å². The van der Waals surface area contributed by atoms with E-state index in [1.165, 1.54) is 12.0 Å². The molecule has 3 atom stereocenters. The Kier molecular flexibility index (Phi) is 6.38. The lowest BCUT2D eigenvalue weighted by Crippen LogP contribution is -2.28. The number of ether oxygens (including phenoxy) is 1. The molecule has 0 radical (unpaired) electrons. The van der Waals surface area contributed by atoms with Crippen LogP contribution >= 0.6 is 11.6 Å². The number of hydrogen-bond donors (Lipinski definition) is 1. The summed E-state index contributed by atoms with van der Waals surface area (Å²) in [6, 6.07) is 6.15. The Morgan fingerprint density at radius 3 is 2.71 bits per heavy atom. The average Bonchev–Trinajstić information content (AvgIpc) is 2.46. The Hall–Kier alpha value is -0.730. The van der Waals surface area contributed by atoms with Crippen molar-refractivity contribution in [1.29, 1.82) is 0 Å². The van der Waals surface area contributed by atoms with Gasteiger partial charge in [0, 0.05) is 6.54 Å². The molecule has 1 aliphatic rings. The topological polar surface area (TPSA) is 21.3 Å². The van der Waals surface area contributed by atoms with E-state index in [0.29, 0.717) is 6.10 Å². The van der Waals surface area contributed by atoms with Gasteiger partial charge in [0.25, 0.3) is 0 Å². The Morgan fingerprint density at radius 1 is 1.24 bits per heavy atom. The lowest BCUT2D eigenvalue weighted by atomic mass is 9.80. The van der Waals surface area contributed by atoms with Gasteiger partial charge in [-0.3, -0.25) is 0 Å². The molecule has 0 heterocycles. The molecule has 0 amide bonds. The monoisotopic (exact) mass is 309 g/mol. The summed E-state index contributed by atoms with van der Waals surface area (Å²) >= 11 is 6.37. The van der Waals surface area contributed by atoms with Gasteiger partial charge >= 0.3 is 0 Å². The lowest BCUT2D eigenvalue weighted by molar-refractivity contribution is 0.101. The Morgan fingerprint density at radius 2 is 2.05 bits per heavy atom. The summed E-state index contributed by atoms with van der Waals surface area (Å²) in [6.45, 7) is 8.74. The largest absolute Gasteiger partial charge is 0.489 e. The molecule has 1 saturated carbocycles. The van der Waals surface area contributed by atoms with Gasteiger partial charge in [-0.2, -0.15) is 0 Å². The zero-order chi connectivity index (χ0) is 15.2. The van der Waals surface area contributed by atoms with E-state index in [1.807, 2.05) is 12.1 Å². The number of benzene rings is 1. The summed E-state index contributed by atoms with van der Waals surface area (Å²) in [7, 11) is 0. The molecule has 0 aliphatic heterocycles. The number of rotatable bonds is 6. The number of nitrogens with one attached hydrogen (secondary N) is 1. The van der Waals surface area contributed by atoms with Crippen LogP contribution in [0.5, 0.6) is 5.75 Å². The SMILES string of the molecule is CCCNCc1ccc(OC2CCC(C)C(C)C2)c(Cl)c1. The molecule has 0 aromatic heterocycles. The van der Waals surface area contributed by atoms with Gasteiger partial charge in [-0.05, 0) is 61.8 Å². The molecule has 1 N–H and O–H groups in total. The molecule has 1 aromatic carbocycles. The van der Waals surface area contributed by atoms with Gasteiger partial charge in [0.2, 0.25) is 0 Å². The summed E-state index contributed by atoms with van der Waals surface area (Å²) in [5.74, 6) is 2.38. The summed E-state index contributed by atoms with van der Waals surface area (Å²) in [4.78, 5) is 0. The third kappa shape index (κ3) is 4.89. The second kappa shape index (κ2) is 8.05. The van der Waals surface area contributed by atoms with E-state index in [4.69, 9.17) is 16.3 Å². The van der Waals surface area contributed by atoms with Crippen molar-refractivity contribution in [2.45, 2.75) is 59.1 Å². The quantitative estimate of drug-likeness (QED) is 0.743. The molecule has 0 spiro atoms. The molecule has 0 bridgehead atoms. The van der Waals surface area contributed by atoms with E-state index in [9.17, 15) is 0 Å². The minimum absolute atomic E-state index is 0.317. The first-order chi connectivity index (χ1) is 10.1. The third-order valence-corrected chi connectivity index (χ3v) is 4.89. The van der Waals surface area contributed by atoms with E-state index in [2.05, 4.69) is 32.2 Å². The van der Waals surface area contributed by atoms with E-state index >= 15 is 0 Å². The zero-order valence-electron chi connectivity index (χ0n) is 13.5. The maximum absolute atomic E-state index is 6.37. The fourth-order valence-electron chi connectivity index (χ4n) is 2.94. The average molecular weight is 310 g/mol. The van der Waals surface area contributed by atoms with Crippen molar-refractivity contribution in [3.63, 3.8) is 0 Å². The molecule has 1 aromatic rings. The Bertz CT molecular complexity index is 449. The summed E-state index contributed by atoms with van der Waals surface area (Å²) in [6.07, 6.45) is 4.99. The highest BCUT2D eigenvalue weighted by Gasteiger charge is 2.26. The van der Waals surface area contributed by atoms with Crippen LogP contribution in [-0.4, -0.2) is 12.6 Å². The van der Waals surface area contributed by atoms with Crippen LogP contribution in [0.25, 0.3) is 0 Å². The van der Waals surface area contributed by atoms with Gasteiger partial charge in [-0.25, -0.2) is 0 Å². The van der Waals surface area contributed by atoms with Gasteiger partial charge in [0.1, 0.15) is 5.75 Å². The van der Waals surface area contributed by atoms with Gasteiger partial charge in [-0.1, -0.05) is 38.4 Å². The van der Waals surface area contributed by atoms with Crippen molar-refractivity contribution in [2.75, 3.05) is 6.54 Å². The molecule has 21 heavy (non-hydrogen) atoms.